The van der Waals surface area contributed by atoms with Gasteiger partial charge in [0.05, 0.1) is 5.92 Å². The maximum absolute atomic E-state index is 13.0. The molecule has 0 spiro atoms. The molecule has 27 heavy (non-hydrogen) atoms. The lowest BCUT2D eigenvalue weighted by molar-refractivity contribution is -0.151. The summed E-state index contributed by atoms with van der Waals surface area (Å²) in [7, 11) is 0. The van der Waals surface area contributed by atoms with Crippen LogP contribution in [-0.4, -0.2) is 5.97 Å². The van der Waals surface area contributed by atoms with Crippen LogP contribution in [0.25, 0.3) is 0 Å². The van der Waals surface area contributed by atoms with Crippen molar-refractivity contribution in [3.05, 3.63) is 71.5 Å². The minimum absolute atomic E-state index is 0.248. The van der Waals surface area contributed by atoms with Gasteiger partial charge in [-0.1, -0.05) is 55.8 Å². The van der Waals surface area contributed by atoms with E-state index in [1.165, 1.54) is 6.08 Å². The average Bonchev–Trinajstić information content (AvgIpc) is 3.15. The number of halogens is 2. The molecule has 2 aromatic carbocycles. The summed E-state index contributed by atoms with van der Waals surface area (Å²) in [5.74, 6) is 0.409. The quantitative estimate of drug-likeness (QED) is 0.536. The van der Waals surface area contributed by atoms with Gasteiger partial charge < -0.3 is 9.47 Å². The molecular weight excluding hydrogens is 367 g/mol. The molecule has 0 aromatic heterocycles. The Kier molecular flexibility index (Phi) is 5.56. The molecule has 0 bridgehead atoms. The highest BCUT2D eigenvalue weighted by molar-refractivity contribution is 6.28. The number of benzene rings is 2. The van der Waals surface area contributed by atoms with E-state index in [1.807, 2.05) is 75.4 Å². The Bertz CT molecular complexity index is 844. The average molecular weight is 389 g/mol. The third kappa shape index (κ3) is 4.51. The van der Waals surface area contributed by atoms with Gasteiger partial charge in [-0.2, -0.15) is 4.39 Å². The number of hydrogen-bond acceptors (Lipinski definition) is 3. The van der Waals surface area contributed by atoms with Gasteiger partial charge in [0.25, 0.3) is 0 Å². The molecule has 2 aromatic rings. The number of carbonyl (C=O) groups excluding carboxylic acids is 1. The Morgan fingerprint density at radius 3 is 2.48 bits per heavy atom. The second-order valence-electron chi connectivity index (χ2n) is 7.35. The normalized spacial score (nSPS) is 22.0. The molecule has 0 N–H and O–H groups in total. The zero-order chi connectivity index (χ0) is 19.6. The van der Waals surface area contributed by atoms with Crippen LogP contribution in [0.2, 0.25) is 0 Å². The number of rotatable bonds is 6. The Hall–Kier alpha value is -2.33. The van der Waals surface area contributed by atoms with Crippen molar-refractivity contribution in [1.29, 1.82) is 0 Å². The lowest BCUT2D eigenvalue weighted by Crippen LogP contribution is -2.13. The van der Waals surface area contributed by atoms with Gasteiger partial charge in [0.2, 0.25) is 0 Å². The fourth-order valence-corrected chi connectivity index (χ4v) is 3.48. The zero-order valence-electron chi connectivity index (χ0n) is 15.5. The highest BCUT2D eigenvalue weighted by Crippen LogP contribution is 2.60. The molecule has 3 rings (SSSR count). The molecule has 1 aliphatic carbocycles. The van der Waals surface area contributed by atoms with Crippen LogP contribution in [0.1, 0.15) is 32.4 Å². The van der Waals surface area contributed by atoms with E-state index in [2.05, 4.69) is 0 Å². The first-order chi connectivity index (χ1) is 12.8. The lowest BCUT2D eigenvalue weighted by atomic mass is 10.1. The van der Waals surface area contributed by atoms with Crippen LogP contribution in [0.15, 0.2) is 66.0 Å². The fourth-order valence-electron chi connectivity index (χ4n) is 3.35. The van der Waals surface area contributed by atoms with Gasteiger partial charge in [-0.05, 0) is 48.2 Å². The summed E-state index contributed by atoms with van der Waals surface area (Å²) in [5, 5.41) is -0.790. The van der Waals surface area contributed by atoms with Gasteiger partial charge in [-0.25, -0.2) is 0 Å². The highest BCUT2D eigenvalue weighted by atomic mass is 35.5. The van der Waals surface area contributed by atoms with Crippen LogP contribution in [-0.2, 0) is 9.53 Å². The maximum atomic E-state index is 13.0. The van der Waals surface area contributed by atoms with E-state index in [0.717, 1.165) is 11.3 Å². The van der Waals surface area contributed by atoms with Gasteiger partial charge >= 0.3 is 5.97 Å². The first-order valence-electron chi connectivity index (χ1n) is 8.85. The second-order valence-corrected chi connectivity index (χ2v) is 7.71. The van der Waals surface area contributed by atoms with Crippen molar-refractivity contribution in [1.82, 2.24) is 0 Å². The van der Waals surface area contributed by atoms with E-state index >= 15 is 0 Å². The number of esters is 1. The predicted octanol–water partition coefficient (Wildman–Crippen LogP) is 6.41. The number of carbonyl (C=O) groups is 1. The van der Waals surface area contributed by atoms with Crippen LogP contribution in [0.4, 0.5) is 4.39 Å². The summed E-state index contributed by atoms with van der Waals surface area (Å²) >= 11 is 5.32. The molecule has 0 unspecified atom stereocenters. The first-order valence-corrected chi connectivity index (χ1v) is 9.23. The number of ether oxygens (including phenoxy) is 2. The van der Waals surface area contributed by atoms with Crippen molar-refractivity contribution in [2.75, 3.05) is 0 Å². The molecule has 0 saturated heterocycles. The lowest BCUT2D eigenvalue weighted by Gasteiger charge is -2.15. The van der Waals surface area contributed by atoms with Crippen LogP contribution in [0, 0.1) is 17.3 Å². The first kappa shape index (κ1) is 19.4. The summed E-state index contributed by atoms with van der Waals surface area (Å²) < 4.78 is 24.4. The highest BCUT2D eigenvalue weighted by Gasteiger charge is 2.62. The molecule has 1 fully saturated rings. The maximum Gasteiger partial charge on any atom is 0.310 e. The number of para-hydroxylation sites is 1. The van der Waals surface area contributed by atoms with Crippen molar-refractivity contribution in [3.8, 4) is 11.5 Å². The van der Waals surface area contributed by atoms with Crippen LogP contribution in [0.3, 0.4) is 0 Å². The van der Waals surface area contributed by atoms with E-state index in [1.54, 1.807) is 0 Å². The SMILES string of the molecule is C[C@@H](OC(=O)[C@@H]1[C@H](/C=C(/F)Cl)C1(C)C)c1cccc(Oc2ccccc2)c1. The standard InChI is InChI=1S/C22H22ClFO3/c1-14(26-21(25)20-18(13-19(23)24)22(20,2)3)15-8-7-11-17(12-15)27-16-9-5-4-6-10-16/h4-14,18,20H,1-3H3/b19-13+/t14-,18+,20+/m1/s1. The predicted molar refractivity (Wildman–Crippen MR) is 103 cm³/mol. The van der Waals surface area contributed by atoms with Crippen molar-refractivity contribution in [2.45, 2.75) is 26.9 Å². The molecule has 1 saturated carbocycles. The summed E-state index contributed by atoms with van der Waals surface area (Å²) in [5.41, 5.74) is 0.465. The van der Waals surface area contributed by atoms with Gasteiger partial charge in [-0.3, -0.25) is 4.79 Å². The van der Waals surface area contributed by atoms with E-state index in [9.17, 15) is 9.18 Å². The van der Waals surface area contributed by atoms with E-state index < -0.39 is 17.3 Å². The van der Waals surface area contributed by atoms with Crippen molar-refractivity contribution in [3.63, 3.8) is 0 Å². The molecule has 0 radical (unpaired) electrons. The Balaban J connectivity index is 1.66. The molecule has 3 atom stereocenters. The topological polar surface area (TPSA) is 35.5 Å². The number of hydrogen-bond donors (Lipinski definition) is 0. The molecule has 0 heterocycles. The van der Waals surface area contributed by atoms with Gasteiger partial charge in [0.15, 0.2) is 5.29 Å². The summed E-state index contributed by atoms with van der Waals surface area (Å²) in [6.07, 6.45) is 0.839. The third-order valence-corrected chi connectivity index (χ3v) is 5.20. The molecule has 0 amide bonds. The Morgan fingerprint density at radius 2 is 1.81 bits per heavy atom. The minimum Gasteiger partial charge on any atom is -0.458 e. The zero-order valence-corrected chi connectivity index (χ0v) is 16.2. The largest absolute Gasteiger partial charge is 0.458 e. The summed E-state index contributed by atoms with van der Waals surface area (Å²) in [6.45, 7) is 5.61. The van der Waals surface area contributed by atoms with E-state index in [0.29, 0.717) is 5.75 Å². The molecule has 142 valence electrons. The van der Waals surface area contributed by atoms with Crippen LogP contribution in [0.5, 0.6) is 11.5 Å². The van der Waals surface area contributed by atoms with E-state index in [-0.39, 0.29) is 17.3 Å². The molecule has 5 heteroatoms. The smallest absolute Gasteiger partial charge is 0.310 e. The summed E-state index contributed by atoms with van der Waals surface area (Å²) in [6, 6.07) is 16.9. The summed E-state index contributed by atoms with van der Waals surface area (Å²) in [4.78, 5) is 12.5. The van der Waals surface area contributed by atoms with Crippen LogP contribution >= 0.6 is 11.6 Å². The van der Waals surface area contributed by atoms with Crippen molar-refractivity contribution < 1.29 is 18.7 Å². The molecule has 3 nitrogen and oxygen atoms in total. The molecular formula is C22H22ClFO3. The van der Waals surface area contributed by atoms with Gasteiger partial charge in [0, 0.05) is 5.92 Å². The van der Waals surface area contributed by atoms with Gasteiger partial charge in [-0.15, -0.1) is 0 Å². The van der Waals surface area contributed by atoms with Crippen molar-refractivity contribution >= 4 is 17.6 Å². The van der Waals surface area contributed by atoms with Crippen LogP contribution < -0.4 is 4.74 Å². The van der Waals surface area contributed by atoms with E-state index in [4.69, 9.17) is 21.1 Å². The van der Waals surface area contributed by atoms with Crippen molar-refractivity contribution in [2.24, 2.45) is 17.3 Å². The van der Waals surface area contributed by atoms with Gasteiger partial charge in [0.1, 0.15) is 17.6 Å². The monoisotopic (exact) mass is 388 g/mol. The fraction of sp³-hybridized carbons (Fsp3) is 0.318. The minimum atomic E-state index is -0.790. The molecule has 0 aliphatic heterocycles. The Morgan fingerprint density at radius 1 is 1.15 bits per heavy atom. The molecule has 1 aliphatic rings. The number of allylic oxidation sites excluding steroid dienone is 1. The second kappa shape index (κ2) is 7.73. The Labute approximate surface area is 163 Å². The third-order valence-electron chi connectivity index (χ3n) is 5.07.